The molecule has 8 rings (SSSR count). The summed E-state index contributed by atoms with van der Waals surface area (Å²) in [6, 6.07) is 22.1. The molecule has 230 valence electrons. The molecule has 2 atom stereocenters. The third-order valence-corrected chi connectivity index (χ3v) is 16.4. The molecule has 5 fully saturated rings. The molecular formula is C36H50N4O2Si. The van der Waals surface area contributed by atoms with Gasteiger partial charge >= 0.3 is 0 Å². The van der Waals surface area contributed by atoms with Crippen molar-refractivity contribution >= 4 is 30.6 Å². The quantitative estimate of drug-likeness (QED) is 0.433. The van der Waals surface area contributed by atoms with E-state index in [1.54, 1.807) is 0 Å². The van der Waals surface area contributed by atoms with Crippen LogP contribution in [0.5, 0.6) is 0 Å². The van der Waals surface area contributed by atoms with Gasteiger partial charge in [-0.05, 0) is 84.5 Å². The van der Waals surface area contributed by atoms with Gasteiger partial charge in [-0.1, -0.05) is 81.4 Å². The van der Waals surface area contributed by atoms with E-state index in [0.717, 1.165) is 68.9 Å². The van der Waals surface area contributed by atoms with Crippen LogP contribution in [0.3, 0.4) is 0 Å². The van der Waals surface area contributed by atoms with E-state index in [9.17, 15) is 4.79 Å². The second-order valence-electron chi connectivity index (χ2n) is 15.4. The summed E-state index contributed by atoms with van der Waals surface area (Å²) in [4.78, 5) is 21.2. The number of aliphatic imine (C=N–C) groups is 1. The Bertz CT molecular complexity index is 1250. The predicted octanol–water partition coefficient (Wildman–Crippen LogP) is 4.69. The number of amides is 1. The van der Waals surface area contributed by atoms with Crippen molar-refractivity contribution < 1.29 is 9.22 Å². The van der Waals surface area contributed by atoms with E-state index in [0.29, 0.717) is 19.1 Å². The average molecular weight is 599 g/mol. The van der Waals surface area contributed by atoms with Crippen LogP contribution in [0.15, 0.2) is 65.7 Å². The number of nitrogens with zero attached hydrogens (tertiary/aromatic N) is 2. The molecule has 0 radical (unpaired) electrons. The number of fused-ring (bicyclic) bond motifs is 1. The van der Waals surface area contributed by atoms with Crippen molar-refractivity contribution in [1.29, 1.82) is 0 Å². The van der Waals surface area contributed by atoms with Gasteiger partial charge in [0.15, 0.2) is 5.96 Å². The van der Waals surface area contributed by atoms with Crippen LogP contribution in [0.2, 0.25) is 5.04 Å². The molecule has 2 aromatic rings. The molecule has 1 saturated heterocycles. The number of guanidine groups is 1. The zero-order valence-electron chi connectivity index (χ0n) is 26.4. The first-order valence-electron chi connectivity index (χ1n) is 16.9. The van der Waals surface area contributed by atoms with E-state index >= 15 is 0 Å². The van der Waals surface area contributed by atoms with Crippen LogP contribution in [0.1, 0.15) is 72.1 Å². The van der Waals surface area contributed by atoms with E-state index in [1.165, 1.54) is 29.6 Å². The molecule has 2 heterocycles. The van der Waals surface area contributed by atoms with Gasteiger partial charge in [0.05, 0.1) is 12.6 Å². The summed E-state index contributed by atoms with van der Waals surface area (Å²) in [5.41, 5.74) is -0.0822. The van der Waals surface area contributed by atoms with Crippen LogP contribution in [0.4, 0.5) is 0 Å². The molecule has 2 aliphatic heterocycles. The van der Waals surface area contributed by atoms with Crippen LogP contribution in [0.25, 0.3) is 0 Å². The zero-order valence-corrected chi connectivity index (χ0v) is 27.4. The minimum Gasteiger partial charge on any atom is -0.405 e. The number of carbonyl (C=O) groups excluding carboxylic acids is 1. The van der Waals surface area contributed by atoms with E-state index in [1.807, 2.05) is 0 Å². The number of hydrogen-bond acceptors (Lipinski definition) is 5. The average Bonchev–Trinajstić information content (AvgIpc) is 2.99. The van der Waals surface area contributed by atoms with Gasteiger partial charge in [0.25, 0.3) is 8.32 Å². The lowest BCUT2D eigenvalue weighted by Crippen LogP contribution is -2.67. The molecule has 6 aliphatic rings. The Morgan fingerprint density at radius 2 is 1.49 bits per heavy atom. The second-order valence-corrected chi connectivity index (χ2v) is 19.7. The van der Waals surface area contributed by atoms with Crippen molar-refractivity contribution in [3.8, 4) is 0 Å². The number of carbonyl (C=O) groups is 1. The fourth-order valence-electron chi connectivity index (χ4n) is 9.69. The number of hydrogen-bond donors (Lipinski definition) is 2. The highest BCUT2D eigenvalue weighted by atomic mass is 28.4. The minimum atomic E-state index is -2.60. The lowest BCUT2D eigenvalue weighted by atomic mass is 9.49. The summed E-state index contributed by atoms with van der Waals surface area (Å²) >= 11 is 0. The van der Waals surface area contributed by atoms with Crippen molar-refractivity contribution in [3.63, 3.8) is 0 Å². The normalized spacial score (nSPS) is 31.7. The third kappa shape index (κ3) is 5.45. The molecule has 0 aromatic heterocycles. The van der Waals surface area contributed by atoms with Gasteiger partial charge in [0, 0.05) is 31.1 Å². The lowest BCUT2D eigenvalue weighted by Gasteiger charge is -2.55. The summed E-state index contributed by atoms with van der Waals surface area (Å²) in [6.45, 7) is 10.3. The fraction of sp³-hybridized carbons (Fsp3) is 0.611. The lowest BCUT2D eigenvalue weighted by molar-refractivity contribution is -0.146. The maximum absolute atomic E-state index is 13.6. The van der Waals surface area contributed by atoms with E-state index in [4.69, 9.17) is 9.42 Å². The van der Waals surface area contributed by atoms with Crippen molar-refractivity contribution in [2.45, 2.75) is 89.3 Å². The number of nitrogens with one attached hydrogen (secondary N) is 2. The second kappa shape index (κ2) is 11.4. The molecular weight excluding hydrogens is 549 g/mol. The zero-order chi connectivity index (χ0) is 29.7. The number of rotatable bonds is 8. The van der Waals surface area contributed by atoms with Gasteiger partial charge in [-0.15, -0.1) is 0 Å². The summed E-state index contributed by atoms with van der Waals surface area (Å²) < 4.78 is 7.24. The highest BCUT2D eigenvalue weighted by Crippen LogP contribution is 2.60. The predicted molar refractivity (Wildman–Crippen MR) is 176 cm³/mol. The first kappa shape index (κ1) is 29.1. The summed E-state index contributed by atoms with van der Waals surface area (Å²) in [5.74, 6) is 3.69. The molecule has 0 unspecified atom stereocenters. The Labute approximate surface area is 259 Å². The first-order valence-corrected chi connectivity index (χ1v) is 18.8. The topological polar surface area (TPSA) is 66.0 Å². The highest BCUT2D eigenvalue weighted by Gasteiger charge is 2.55. The van der Waals surface area contributed by atoms with Crippen LogP contribution in [-0.2, 0) is 9.22 Å². The molecule has 2 aromatic carbocycles. The monoisotopic (exact) mass is 598 g/mol. The molecule has 7 heteroatoms. The van der Waals surface area contributed by atoms with E-state index in [-0.39, 0.29) is 22.5 Å². The smallest absolute Gasteiger partial charge is 0.261 e. The Morgan fingerprint density at radius 3 is 2.05 bits per heavy atom. The van der Waals surface area contributed by atoms with Crippen LogP contribution in [-0.4, -0.2) is 63.4 Å². The van der Waals surface area contributed by atoms with Gasteiger partial charge in [-0.25, -0.2) is 4.99 Å². The molecule has 1 amide bonds. The minimum absolute atomic E-state index is 0.0490. The SMILES string of the molecule is CC(C)(C)[Si](OC[C@H]1CCN2CC[C@H](CNC(=O)C34CC5CC(CC(C5)C3)C4)NC2=N1)(c1ccccc1)c1ccccc1. The maximum atomic E-state index is 13.6. The summed E-state index contributed by atoms with van der Waals surface area (Å²) in [6.07, 6.45) is 9.50. The van der Waals surface area contributed by atoms with Crippen molar-refractivity contribution in [2.24, 2.45) is 28.2 Å². The molecule has 4 saturated carbocycles. The molecule has 2 N–H and O–H groups in total. The van der Waals surface area contributed by atoms with E-state index in [2.05, 4.69) is 97.0 Å². The molecule has 4 aliphatic carbocycles. The third-order valence-electron chi connectivity index (χ3n) is 11.4. The van der Waals surface area contributed by atoms with E-state index < -0.39 is 8.32 Å². The Morgan fingerprint density at radius 1 is 0.930 bits per heavy atom. The highest BCUT2D eigenvalue weighted by molar-refractivity contribution is 6.99. The number of benzene rings is 2. The van der Waals surface area contributed by atoms with Crippen LogP contribution >= 0.6 is 0 Å². The largest absolute Gasteiger partial charge is 0.405 e. The molecule has 43 heavy (non-hydrogen) atoms. The van der Waals surface area contributed by atoms with Crippen molar-refractivity contribution in [3.05, 3.63) is 60.7 Å². The van der Waals surface area contributed by atoms with Gasteiger partial charge < -0.3 is 20.0 Å². The van der Waals surface area contributed by atoms with Crippen LogP contribution in [0, 0.1) is 23.2 Å². The Balaban J connectivity index is 1.03. The standard InChI is InChI=1S/C36H50N4O2Si/c1-35(2,3)43(31-10-6-4-7-11-31,32-12-8-5-9-13-32)42-25-30-15-17-40-16-14-29(38-34(40)39-30)24-37-33(41)36-21-26-18-27(22-36)20-28(19-26)23-36/h4-13,26-30H,14-25H2,1-3H3,(H,37,41)(H,38,39)/t26?,27?,28?,29-,30-,36?/m1/s1. The Hall–Kier alpha value is -2.64. The summed E-state index contributed by atoms with van der Waals surface area (Å²) in [5, 5.41) is 9.71. The fourth-order valence-corrected chi connectivity index (χ4v) is 14.3. The van der Waals surface area contributed by atoms with Crippen molar-refractivity contribution in [2.75, 3.05) is 26.2 Å². The first-order chi connectivity index (χ1) is 20.7. The van der Waals surface area contributed by atoms with Gasteiger partial charge in [-0.2, -0.15) is 0 Å². The van der Waals surface area contributed by atoms with Gasteiger partial charge in [0.1, 0.15) is 0 Å². The van der Waals surface area contributed by atoms with Gasteiger partial charge in [-0.3, -0.25) is 4.79 Å². The Kier molecular flexibility index (Phi) is 7.69. The maximum Gasteiger partial charge on any atom is 0.261 e. The van der Waals surface area contributed by atoms with Gasteiger partial charge in [0.2, 0.25) is 5.91 Å². The summed E-state index contributed by atoms with van der Waals surface area (Å²) in [7, 11) is -2.60. The van der Waals surface area contributed by atoms with Crippen molar-refractivity contribution in [1.82, 2.24) is 15.5 Å². The van der Waals surface area contributed by atoms with Crippen LogP contribution < -0.4 is 21.0 Å². The molecule has 4 bridgehead atoms. The molecule has 6 nitrogen and oxygen atoms in total. The molecule has 0 spiro atoms.